The third-order valence-electron chi connectivity index (χ3n) is 5.55. The summed E-state index contributed by atoms with van der Waals surface area (Å²) in [7, 11) is 0. The number of nitrogens with one attached hydrogen (secondary N) is 1. The van der Waals surface area contributed by atoms with Gasteiger partial charge in [-0.25, -0.2) is 5.43 Å². The molecule has 2 amide bonds. The second-order valence-corrected chi connectivity index (χ2v) is 8.04. The van der Waals surface area contributed by atoms with Crippen LogP contribution in [0.15, 0.2) is 47.6 Å². The van der Waals surface area contributed by atoms with Crippen LogP contribution in [-0.4, -0.2) is 65.7 Å². The molecular formula is C24H27F3N4O3. The van der Waals surface area contributed by atoms with E-state index >= 15 is 0 Å². The van der Waals surface area contributed by atoms with Gasteiger partial charge < -0.3 is 10.0 Å². The number of nitrogens with zero attached hydrogens (tertiary/aromatic N) is 3. The van der Waals surface area contributed by atoms with Crippen LogP contribution in [-0.2, 0) is 17.4 Å². The average molecular weight is 476 g/mol. The van der Waals surface area contributed by atoms with E-state index < -0.39 is 11.7 Å². The molecule has 0 bridgehead atoms. The highest BCUT2D eigenvalue weighted by Gasteiger charge is 2.30. The van der Waals surface area contributed by atoms with Gasteiger partial charge in [-0.2, -0.15) is 18.3 Å². The van der Waals surface area contributed by atoms with Gasteiger partial charge in [-0.15, -0.1) is 0 Å². The summed E-state index contributed by atoms with van der Waals surface area (Å²) < 4.78 is 38.1. The Morgan fingerprint density at radius 3 is 2.38 bits per heavy atom. The molecule has 7 nitrogen and oxygen atoms in total. The number of alkyl halides is 3. The fraction of sp³-hybridized carbons (Fsp3) is 0.375. The van der Waals surface area contributed by atoms with E-state index in [0.717, 1.165) is 30.5 Å². The largest absolute Gasteiger partial charge is 0.507 e. The Labute approximate surface area is 195 Å². The van der Waals surface area contributed by atoms with Crippen molar-refractivity contribution < 1.29 is 27.9 Å². The van der Waals surface area contributed by atoms with Gasteiger partial charge in [0.1, 0.15) is 5.75 Å². The highest BCUT2D eigenvalue weighted by Crippen LogP contribution is 2.29. The molecule has 1 saturated heterocycles. The lowest BCUT2D eigenvalue weighted by molar-refractivity contribution is -0.137. The quantitative estimate of drug-likeness (QED) is 0.475. The van der Waals surface area contributed by atoms with E-state index in [1.54, 1.807) is 11.0 Å². The van der Waals surface area contributed by atoms with Crippen LogP contribution in [0.25, 0.3) is 0 Å². The lowest BCUT2D eigenvalue weighted by atomic mass is 10.1. The minimum absolute atomic E-state index is 0.0848. The van der Waals surface area contributed by atoms with Crippen molar-refractivity contribution >= 4 is 18.0 Å². The van der Waals surface area contributed by atoms with Crippen molar-refractivity contribution in [2.75, 3.05) is 32.7 Å². The summed E-state index contributed by atoms with van der Waals surface area (Å²) in [5.41, 5.74) is 3.17. The number of para-hydroxylation sites is 1. The summed E-state index contributed by atoms with van der Waals surface area (Å²) in [6.45, 7) is 3.71. The number of phenols is 1. The predicted octanol–water partition coefficient (Wildman–Crippen LogP) is 3.27. The molecule has 34 heavy (non-hydrogen) atoms. The van der Waals surface area contributed by atoms with Crippen LogP contribution >= 0.6 is 0 Å². The molecule has 10 heteroatoms. The number of hydrogen-bond acceptors (Lipinski definition) is 5. The van der Waals surface area contributed by atoms with Crippen molar-refractivity contribution in [3.63, 3.8) is 0 Å². The number of aryl methyl sites for hydroxylation is 1. The van der Waals surface area contributed by atoms with E-state index in [1.165, 1.54) is 18.3 Å². The topological polar surface area (TPSA) is 85.2 Å². The third kappa shape index (κ3) is 6.57. The van der Waals surface area contributed by atoms with Crippen LogP contribution in [0.3, 0.4) is 0 Å². The van der Waals surface area contributed by atoms with Gasteiger partial charge in [0.25, 0.3) is 11.8 Å². The molecule has 182 valence electrons. The van der Waals surface area contributed by atoms with Crippen molar-refractivity contribution in [3.8, 4) is 5.75 Å². The first-order valence-corrected chi connectivity index (χ1v) is 11.0. The lowest BCUT2D eigenvalue weighted by Crippen LogP contribution is -2.50. The second-order valence-electron chi connectivity index (χ2n) is 8.04. The maximum absolute atomic E-state index is 12.7. The van der Waals surface area contributed by atoms with E-state index in [2.05, 4.69) is 10.5 Å². The normalized spacial score (nSPS) is 15.0. The number of amides is 2. The number of benzene rings is 2. The lowest BCUT2D eigenvalue weighted by Gasteiger charge is -2.34. The SMILES string of the molecule is CCCc1cccc(/C=N/NC(=O)CN2CCN(C(=O)c3ccc(C(F)(F)F)cc3)CC2)c1O. The van der Waals surface area contributed by atoms with Gasteiger partial charge >= 0.3 is 6.18 Å². The Kier molecular flexibility index (Phi) is 8.27. The molecule has 0 aliphatic carbocycles. The molecule has 1 aliphatic rings. The van der Waals surface area contributed by atoms with Crippen LogP contribution in [0.2, 0.25) is 0 Å². The minimum Gasteiger partial charge on any atom is -0.507 e. The van der Waals surface area contributed by atoms with Crippen LogP contribution < -0.4 is 5.43 Å². The maximum atomic E-state index is 12.7. The van der Waals surface area contributed by atoms with Gasteiger partial charge in [-0.3, -0.25) is 14.5 Å². The van der Waals surface area contributed by atoms with Gasteiger partial charge in [0.15, 0.2) is 0 Å². The molecular weight excluding hydrogens is 449 g/mol. The van der Waals surface area contributed by atoms with Crippen LogP contribution in [0, 0.1) is 0 Å². The minimum atomic E-state index is -4.45. The smallest absolute Gasteiger partial charge is 0.416 e. The Morgan fingerprint density at radius 2 is 1.76 bits per heavy atom. The van der Waals surface area contributed by atoms with Crippen molar-refractivity contribution in [3.05, 3.63) is 64.7 Å². The van der Waals surface area contributed by atoms with Crippen LogP contribution in [0.5, 0.6) is 5.75 Å². The van der Waals surface area contributed by atoms with Gasteiger partial charge in [0.2, 0.25) is 0 Å². The average Bonchev–Trinajstić information content (AvgIpc) is 2.81. The zero-order valence-corrected chi connectivity index (χ0v) is 18.8. The number of hydrazone groups is 1. The summed E-state index contributed by atoms with van der Waals surface area (Å²) in [5, 5.41) is 14.2. The number of aromatic hydroxyl groups is 1. The van der Waals surface area contributed by atoms with E-state index in [9.17, 15) is 27.9 Å². The Balaban J connectivity index is 1.46. The fourth-order valence-corrected chi connectivity index (χ4v) is 3.69. The zero-order chi connectivity index (χ0) is 24.7. The molecule has 2 N–H and O–H groups in total. The Morgan fingerprint density at radius 1 is 1.09 bits per heavy atom. The van der Waals surface area contributed by atoms with E-state index in [0.29, 0.717) is 31.7 Å². The predicted molar refractivity (Wildman–Crippen MR) is 122 cm³/mol. The summed E-state index contributed by atoms with van der Waals surface area (Å²) in [4.78, 5) is 28.2. The summed E-state index contributed by atoms with van der Waals surface area (Å²) in [5.74, 6) is -0.522. The third-order valence-corrected chi connectivity index (χ3v) is 5.55. The van der Waals surface area contributed by atoms with Crippen molar-refractivity contribution in [1.82, 2.24) is 15.2 Å². The first kappa shape index (κ1) is 25.2. The van der Waals surface area contributed by atoms with Gasteiger partial charge in [0, 0.05) is 37.3 Å². The second kappa shape index (κ2) is 11.1. The maximum Gasteiger partial charge on any atom is 0.416 e. The highest BCUT2D eigenvalue weighted by molar-refractivity contribution is 5.94. The van der Waals surface area contributed by atoms with E-state index in [4.69, 9.17) is 0 Å². The highest BCUT2D eigenvalue weighted by atomic mass is 19.4. The zero-order valence-electron chi connectivity index (χ0n) is 18.8. The summed E-state index contributed by atoms with van der Waals surface area (Å²) in [6.07, 6.45) is -1.41. The number of hydrogen-bond donors (Lipinski definition) is 2. The molecule has 0 radical (unpaired) electrons. The van der Waals surface area contributed by atoms with Crippen molar-refractivity contribution in [2.24, 2.45) is 5.10 Å². The van der Waals surface area contributed by atoms with Gasteiger partial charge in [0.05, 0.1) is 18.3 Å². The monoisotopic (exact) mass is 476 g/mol. The summed E-state index contributed by atoms with van der Waals surface area (Å²) >= 11 is 0. The van der Waals surface area contributed by atoms with Gasteiger partial charge in [-0.05, 0) is 42.3 Å². The first-order chi connectivity index (χ1) is 16.2. The van der Waals surface area contributed by atoms with Crippen molar-refractivity contribution in [2.45, 2.75) is 25.9 Å². The molecule has 0 saturated carbocycles. The van der Waals surface area contributed by atoms with E-state index in [1.807, 2.05) is 24.0 Å². The van der Waals surface area contributed by atoms with Crippen LogP contribution in [0.1, 0.15) is 40.4 Å². The molecule has 1 aliphatic heterocycles. The Hall–Kier alpha value is -3.40. The molecule has 0 atom stereocenters. The number of phenolic OH excluding ortho intramolecular Hbond substituents is 1. The van der Waals surface area contributed by atoms with E-state index in [-0.39, 0.29) is 29.7 Å². The molecule has 1 heterocycles. The van der Waals surface area contributed by atoms with Gasteiger partial charge in [-0.1, -0.05) is 25.5 Å². The molecule has 1 fully saturated rings. The molecule has 3 rings (SSSR count). The fourth-order valence-electron chi connectivity index (χ4n) is 3.69. The molecule has 0 aromatic heterocycles. The van der Waals surface area contributed by atoms with Crippen LogP contribution in [0.4, 0.5) is 13.2 Å². The molecule has 2 aromatic rings. The number of rotatable bonds is 7. The number of carbonyl (C=O) groups excluding carboxylic acids is 2. The standard InChI is InChI=1S/C24H27F3N4O3/c1-2-4-17-5-3-6-19(22(17)33)15-28-29-21(32)16-30-11-13-31(14-12-30)23(34)18-7-9-20(10-8-18)24(25,26)27/h3,5-10,15,33H,2,4,11-14,16H2,1H3,(H,29,32)/b28-15+. The number of halogens is 3. The number of piperazine rings is 1. The molecule has 0 unspecified atom stereocenters. The summed E-state index contributed by atoms with van der Waals surface area (Å²) in [6, 6.07) is 9.52. The first-order valence-electron chi connectivity index (χ1n) is 11.0. The molecule has 0 spiro atoms. The Bertz CT molecular complexity index is 1030. The van der Waals surface area contributed by atoms with Crippen molar-refractivity contribution in [1.29, 1.82) is 0 Å². The number of carbonyl (C=O) groups is 2. The molecule has 2 aromatic carbocycles.